The molecular formula is C12H16N2O2. The van der Waals surface area contributed by atoms with Crippen LogP contribution in [0.25, 0.3) is 0 Å². The zero-order valence-electron chi connectivity index (χ0n) is 9.11. The van der Waals surface area contributed by atoms with E-state index in [2.05, 4.69) is 5.32 Å². The molecule has 2 amide bonds. The third kappa shape index (κ3) is 5.14. The van der Waals surface area contributed by atoms with Crippen LogP contribution < -0.4 is 11.1 Å². The molecule has 0 saturated carbocycles. The lowest BCUT2D eigenvalue weighted by molar-refractivity contribution is -0.121. The van der Waals surface area contributed by atoms with Gasteiger partial charge in [0.05, 0.1) is 0 Å². The number of carbonyl (C=O) groups is 2. The maximum absolute atomic E-state index is 11.3. The Hall–Kier alpha value is -1.84. The topological polar surface area (TPSA) is 72.2 Å². The van der Waals surface area contributed by atoms with Crippen LogP contribution in [-0.4, -0.2) is 11.8 Å². The fourth-order valence-corrected chi connectivity index (χ4v) is 1.31. The summed E-state index contributed by atoms with van der Waals surface area (Å²) < 4.78 is 0. The van der Waals surface area contributed by atoms with Crippen LogP contribution in [0.5, 0.6) is 0 Å². The number of primary amides is 1. The van der Waals surface area contributed by atoms with Gasteiger partial charge < -0.3 is 11.1 Å². The molecule has 0 aliphatic rings. The summed E-state index contributed by atoms with van der Waals surface area (Å²) in [5.74, 6) is -0.416. The monoisotopic (exact) mass is 220 g/mol. The number of amides is 2. The van der Waals surface area contributed by atoms with Crippen molar-refractivity contribution in [3.63, 3.8) is 0 Å². The average molecular weight is 220 g/mol. The summed E-state index contributed by atoms with van der Waals surface area (Å²) in [4.78, 5) is 21.8. The van der Waals surface area contributed by atoms with Crippen molar-refractivity contribution in [1.82, 2.24) is 5.32 Å². The van der Waals surface area contributed by atoms with Gasteiger partial charge >= 0.3 is 0 Å². The molecule has 1 rings (SSSR count). The molecule has 0 fully saturated rings. The van der Waals surface area contributed by atoms with E-state index in [9.17, 15) is 9.59 Å². The van der Waals surface area contributed by atoms with E-state index in [4.69, 9.17) is 5.73 Å². The van der Waals surface area contributed by atoms with Crippen molar-refractivity contribution in [3.8, 4) is 0 Å². The Bertz CT molecular complexity index is 349. The summed E-state index contributed by atoms with van der Waals surface area (Å²) >= 11 is 0. The Morgan fingerprint density at radius 1 is 1.12 bits per heavy atom. The van der Waals surface area contributed by atoms with Crippen LogP contribution in [-0.2, 0) is 16.1 Å². The highest BCUT2D eigenvalue weighted by atomic mass is 16.2. The van der Waals surface area contributed by atoms with Gasteiger partial charge in [0.1, 0.15) is 0 Å². The summed E-state index contributed by atoms with van der Waals surface area (Å²) in [5.41, 5.74) is 6.03. The van der Waals surface area contributed by atoms with Crippen molar-refractivity contribution < 1.29 is 9.59 Å². The highest BCUT2D eigenvalue weighted by Crippen LogP contribution is 1.99. The number of nitrogens with two attached hydrogens (primary N) is 1. The van der Waals surface area contributed by atoms with E-state index in [1.807, 2.05) is 30.3 Å². The molecular weight excluding hydrogens is 204 g/mol. The fourth-order valence-electron chi connectivity index (χ4n) is 1.31. The molecule has 1 aromatic carbocycles. The van der Waals surface area contributed by atoms with Crippen molar-refractivity contribution in [1.29, 1.82) is 0 Å². The number of hydrogen-bond acceptors (Lipinski definition) is 2. The maximum atomic E-state index is 11.3. The second kappa shape index (κ2) is 6.61. The fraction of sp³-hybridized carbons (Fsp3) is 0.333. The minimum absolute atomic E-state index is 0.0508. The van der Waals surface area contributed by atoms with Gasteiger partial charge in [-0.25, -0.2) is 0 Å². The van der Waals surface area contributed by atoms with Crippen LogP contribution in [0.4, 0.5) is 0 Å². The smallest absolute Gasteiger partial charge is 0.220 e. The Morgan fingerprint density at radius 2 is 1.81 bits per heavy atom. The molecule has 0 aliphatic carbocycles. The number of carbonyl (C=O) groups excluding carboxylic acids is 2. The average Bonchev–Trinajstić information content (AvgIpc) is 2.27. The molecule has 0 aliphatic heterocycles. The van der Waals surface area contributed by atoms with Crippen molar-refractivity contribution in [2.24, 2.45) is 5.73 Å². The van der Waals surface area contributed by atoms with Crippen LogP contribution >= 0.6 is 0 Å². The second-order valence-electron chi connectivity index (χ2n) is 3.58. The van der Waals surface area contributed by atoms with E-state index >= 15 is 0 Å². The van der Waals surface area contributed by atoms with Gasteiger partial charge in [0.25, 0.3) is 0 Å². The highest BCUT2D eigenvalue weighted by molar-refractivity contribution is 5.77. The van der Waals surface area contributed by atoms with Gasteiger partial charge in [0, 0.05) is 19.4 Å². The van der Waals surface area contributed by atoms with Gasteiger partial charge in [-0.15, -0.1) is 0 Å². The third-order valence-corrected chi connectivity index (χ3v) is 2.16. The number of hydrogen-bond donors (Lipinski definition) is 2. The summed E-state index contributed by atoms with van der Waals surface area (Å²) in [6, 6.07) is 9.68. The Kier molecular flexibility index (Phi) is 5.05. The SMILES string of the molecule is NC(=O)CCCC(=O)NCc1ccccc1. The second-order valence-corrected chi connectivity index (χ2v) is 3.58. The highest BCUT2D eigenvalue weighted by Gasteiger charge is 2.02. The molecule has 0 spiro atoms. The summed E-state index contributed by atoms with van der Waals surface area (Å²) in [6.45, 7) is 0.524. The standard InChI is InChI=1S/C12H16N2O2/c13-11(15)7-4-8-12(16)14-9-10-5-2-1-3-6-10/h1-3,5-6H,4,7-9H2,(H2,13,15)(H,14,16). The first-order valence-corrected chi connectivity index (χ1v) is 5.27. The number of benzene rings is 1. The molecule has 3 N–H and O–H groups in total. The Balaban J connectivity index is 2.18. The minimum atomic E-state index is -0.365. The van der Waals surface area contributed by atoms with E-state index in [-0.39, 0.29) is 18.2 Å². The van der Waals surface area contributed by atoms with Crippen LogP contribution in [0.2, 0.25) is 0 Å². The lowest BCUT2D eigenvalue weighted by Gasteiger charge is -2.04. The molecule has 0 atom stereocenters. The van der Waals surface area contributed by atoms with Gasteiger partial charge in [-0.05, 0) is 12.0 Å². The maximum Gasteiger partial charge on any atom is 0.220 e. The van der Waals surface area contributed by atoms with Gasteiger partial charge in [0.15, 0.2) is 0 Å². The summed E-state index contributed by atoms with van der Waals surface area (Å²) in [5, 5.41) is 2.78. The van der Waals surface area contributed by atoms with Crippen LogP contribution in [0.3, 0.4) is 0 Å². The summed E-state index contributed by atoms with van der Waals surface area (Å²) in [6.07, 6.45) is 1.12. The van der Waals surface area contributed by atoms with Crippen LogP contribution in [0.15, 0.2) is 30.3 Å². The minimum Gasteiger partial charge on any atom is -0.370 e. The zero-order chi connectivity index (χ0) is 11.8. The predicted molar refractivity (Wildman–Crippen MR) is 61.3 cm³/mol. The van der Waals surface area contributed by atoms with Gasteiger partial charge in [-0.1, -0.05) is 30.3 Å². The molecule has 16 heavy (non-hydrogen) atoms. The summed E-state index contributed by atoms with van der Waals surface area (Å²) in [7, 11) is 0. The van der Waals surface area contributed by atoms with Crippen molar-refractivity contribution in [3.05, 3.63) is 35.9 Å². The van der Waals surface area contributed by atoms with Crippen LogP contribution in [0, 0.1) is 0 Å². The molecule has 86 valence electrons. The van der Waals surface area contributed by atoms with Gasteiger partial charge in [-0.2, -0.15) is 0 Å². The van der Waals surface area contributed by atoms with Crippen molar-refractivity contribution >= 4 is 11.8 Å². The Morgan fingerprint density at radius 3 is 2.44 bits per heavy atom. The van der Waals surface area contributed by atoms with E-state index in [0.717, 1.165) is 5.56 Å². The molecule has 0 bridgehead atoms. The normalized spacial score (nSPS) is 9.75. The van der Waals surface area contributed by atoms with E-state index < -0.39 is 0 Å². The molecule has 4 heteroatoms. The Labute approximate surface area is 94.8 Å². The number of nitrogens with one attached hydrogen (secondary N) is 1. The van der Waals surface area contributed by atoms with Gasteiger partial charge in [0.2, 0.25) is 11.8 Å². The molecule has 0 radical (unpaired) electrons. The molecule has 0 unspecified atom stereocenters. The first-order valence-electron chi connectivity index (χ1n) is 5.27. The third-order valence-electron chi connectivity index (χ3n) is 2.16. The quantitative estimate of drug-likeness (QED) is 0.749. The predicted octanol–water partition coefficient (Wildman–Crippen LogP) is 0.958. The van der Waals surface area contributed by atoms with E-state index in [1.165, 1.54) is 0 Å². The lowest BCUT2D eigenvalue weighted by Crippen LogP contribution is -2.23. The van der Waals surface area contributed by atoms with Crippen LogP contribution in [0.1, 0.15) is 24.8 Å². The van der Waals surface area contributed by atoms with E-state index in [1.54, 1.807) is 0 Å². The molecule has 4 nitrogen and oxygen atoms in total. The zero-order valence-corrected chi connectivity index (χ0v) is 9.11. The molecule has 0 saturated heterocycles. The first-order chi connectivity index (χ1) is 7.68. The molecule has 1 aromatic rings. The molecule has 0 aromatic heterocycles. The number of rotatable bonds is 6. The first kappa shape index (κ1) is 12.2. The lowest BCUT2D eigenvalue weighted by atomic mass is 10.2. The van der Waals surface area contributed by atoms with Crippen molar-refractivity contribution in [2.45, 2.75) is 25.8 Å². The van der Waals surface area contributed by atoms with E-state index in [0.29, 0.717) is 19.4 Å². The largest absolute Gasteiger partial charge is 0.370 e. The van der Waals surface area contributed by atoms with Gasteiger partial charge in [-0.3, -0.25) is 9.59 Å². The van der Waals surface area contributed by atoms with Crippen molar-refractivity contribution in [2.75, 3.05) is 0 Å². The molecule has 0 heterocycles.